The second-order valence-corrected chi connectivity index (χ2v) is 4.97. The highest BCUT2D eigenvalue weighted by Crippen LogP contribution is 2.33. The van der Waals surface area contributed by atoms with E-state index in [2.05, 4.69) is 18.7 Å². The van der Waals surface area contributed by atoms with Crippen LogP contribution in [0.15, 0.2) is 36.4 Å². The van der Waals surface area contributed by atoms with E-state index >= 15 is 0 Å². The highest BCUT2D eigenvalue weighted by Gasteiger charge is 2.20. The molecule has 3 N–H and O–H groups in total. The number of halogens is 1. The highest BCUT2D eigenvalue weighted by molar-refractivity contribution is 5.74. The van der Waals surface area contributed by atoms with Gasteiger partial charge in [0, 0.05) is 24.8 Å². The van der Waals surface area contributed by atoms with Crippen LogP contribution >= 0.6 is 0 Å². The van der Waals surface area contributed by atoms with Crippen molar-refractivity contribution in [2.24, 2.45) is 5.84 Å². The lowest BCUT2D eigenvalue weighted by Crippen LogP contribution is -2.21. The van der Waals surface area contributed by atoms with Crippen LogP contribution in [0.2, 0.25) is 0 Å². The van der Waals surface area contributed by atoms with Crippen LogP contribution in [0.5, 0.6) is 0 Å². The molecule has 2 aromatic carbocycles. The Bertz CT molecular complexity index is 700. The zero-order valence-corrected chi connectivity index (χ0v) is 13.0. The van der Waals surface area contributed by atoms with Crippen molar-refractivity contribution in [3.63, 3.8) is 0 Å². The lowest BCUT2D eigenvalue weighted by molar-refractivity contribution is -0.384. The molecule has 0 aliphatic heterocycles. The number of nitrogens with one attached hydrogen (secondary N) is 1. The SMILES string of the molecule is CCN(CC)c1ccc(-c2cc(F)c(NN)c([N+](=O)[O-])c2)cc1. The topological polar surface area (TPSA) is 84.4 Å². The van der Waals surface area contributed by atoms with Crippen LogP contribution in [0.25, 0.3) is 11.1 Å². The zero-order chi connectivity index (χ0) is 17.0. The van der Waals surface area contributed by atoms with Crippen molar-refractivity contribution < 1.29 is 9.31 Å². The van der Waals surface area contributed by atoms with Crippen LogP contribution in [-0.4, -0.2) is 18.0 Å². The average molecular weight is 318 g/mol. The summed E-state index contributed by atoms with van der Waals surface area (Å²) in [6, 6.07) is 10.0. The van der Waals surface area contributed by atoms with E-state index in [4.69, 9.17) is 5.84 Å². The van der Waals surface area contributed by atoms with Crippen molar-refractivity contribution in [3.8, 4) is 11.1 Å². The Labute approximate surface area is 133 Å². The number of hydrogen-bond acceptors (Lipinski definition) is 5. The third kappa shape index (κ3) is 3.40. The second kappa shape index (κ2) is 7.06. The molecule has 7 heteroatoms. The molecule has 23 heavy (non-hydrogen) atoms. The molecular formula is C16H19FN4O2. The van der Waals surface area contributed by atoms with E-state index in [9.17, 15) is 14.5 Å². The predicted molar refractivity (Wildman–Crippen MR) is 89.9 cm³/mol. The fraction of sp³-hybridized carbons (Fsp3) is 0.250. The summed E-state index contributed by atoms with van der Waals surface area (Å²) < 4.78 is 14.0. The smallest absolute Gasteiger partial charge is 0.297 e. The molecule has 0 radical (unpaired) electrons. The molecule has 0 bridgehead atoms. The summed E-state index contributed by atoms with van der Waals surface area (Å²) in [6.45, 7) is 5.89. The summed E-state index contributed by atoms with van der Waals surface area (Å²) in [6.07, 6.45) is 0. The summed E-state index contributed by atoms with van der Waals surface area (Å²) in [5, 5.41) is 11.1. The van der Waals surface area contributed by atoms with E-state index in [-0.39, 0.29) is 5.69 Å². The van der Waals surface area contributed by atoms with Gasteiger partial charge in [-0.25, -0.2) is 4.39 Å². The van der Waals surface area contributed by atoms with Gasteiger partial charge in [0.25, 0.3) is 5.69 Å². The van der Waals surface area contributed by atoms with E-state index in [0.717, 1.165) is 18.8 Å². The van der Waals surface area contributed by atoms with Crippen LogP contribution in [0.4, 0.5) is 21.5 Å². The maximum Gasteiger partial charge on any atom is 0.297 e. The number of nitro groups is 1. The normalized spacial score (nSPS) is 10.4. The maximum absolute atomic E-state index is 14.0. The number of rotatable bonds is 6. The lowest BCUT2D eigenvalue weighted by atomic mass is 10.0. The molecule has 0 aromatic heterocycles. The fourth-order valence-corrected chi connectivity index (χ4v) is 2.50. The molecule has 0 saturated heterocycles. The molecule has 0 fully saturated rings. The Kier molecular flexibility index (Phi) is 5.13. The Hall–Kier alpha value is -2.67. The van der Waals surface area contributed by atoms with Crippen molar-refractivity contribution in [3.05, 3.63) is 52.3 Å². The number of nitrogens with zero attached hydrogens (tertiary/aromatic N) is 2. The number of nitrogens with two attached hydrogens (primary N) is 1. The first kappa shape index (κ1) is 16.7. The number of hydrogen-bond donors (Lipinski definition) is 2. The lowest BCUT2D eigenvalue weighted by Gasteiger charge is -2.21. The Morgan fingerprint density at radius 1 is 1.17 bits per heavy atom. The molecule has 0 amide bonds. The first-order chi connectivity index (χ1) is 11.0. The van der Waals surface area contributed by atoms with Gasteiger partial charge in [-0.3, -0.25) is 16.0 Å². The van der Waals surface area contributed by atoms with Gasteiger partial charge in [-0.1, -0.05) is 12.1 Å². The molecule has 0 spiro atoms. The summed E-state index contributed by atoms with van der Waals surface area (Å²) in [5.41, 5.74) is 3.51. The molecule has 0 unspecified atom stereocenters. The highest BCUT2D eigenvalue weighted by atomic mass is 19.1. The molecule has 2 rings (SSSR count). The van der Waals surface area contributed by atoms with Gasteiger partial charge >= 0.3 is 0 Å². The molecule has 0 aliphatic rings. The van der Waals surface area contributed by atoms with Crippen LogP contribution in [0, 0.1) is 15.9 Å². The van der Waals surface area contributed by atoms with Crippen LogP contribution in [0.3, 0.4) is 0 Å². The van der Waals surface area contributed by atoms with Crippen molar-refractivity contribution >= 4 is 17.1 Å². The van der Waals surface area contributed by atoms with E-state index in [1.807, 2.05) is 29.7 Å². The van der Waals surface area contributed by atoms with Gasteiger partial charge in [0.15, 0.2) is 11.5 Å². The summed E-state index contributed by atoms with van der Waals surface area (Å²) >= 11 is 0. The molecule has 122 valence electrons. The summed E-state index contributed by atoms with van der Waals surface area (Å²) in [4.78, 5) is 12.6. The largest absolute Gasteiger partial charge is 0.372 e. The first-order valence-electron chi connectivity index (χ1n) is 7.31. The maximum atomic E-state index is 14.0. The van der Waals surface area contributed by atoms with Gasteiger partial charge in [0.05, 0.1) is 4.92 Å². The van der Waals surface area contributed by atoms with Gasteiger partial charge in [-0.2, -0.15) is 0 Å². The van der Waals surface area contributed by atoms with E-state index in [0.29, 0.717) is 11.1 Å². The number of anilines is 2. The molecular weight excluding hydrogens is 299 g/mol. The molecule has 0 atom stereocenters. The molecule has 0 heterocycles. The predicted octanol–water partition coefficient (Wildman–Crippen LogP) is 3.53. The number of nitrogen functional groups attached to an aromatic ring is 1. The minimum absolute atomic E-state index is 0.321. The number of benzene rings is 2. The Balaban J connectivity index is 2.44. The van der Waals surface area contributed by atoms with Crippen molar-refractivity contribution in [2.45, 2.75) is 13.8 Å². The van der Waals surface area contributed by atoms with E-state index < -0.39 is 16.4 Å². The summed E-state index contributed by atoms with van der Waals surface area (Å²) in [7, 11) is 0. The van der Waals surface area contributed by atoms with E-state index in [1.165, 1.54) is 12.1 Å². The molecule has 0 saturated carbocycles. The van der Waals surface area contributed by atoms with Crippen molar-refractivity contribution in [1.82, 2.24) is 0 Å². The average Bonchev–Trinajstić information content (AvgIpc) is 2.55. The Morgan fingerprint density at radius 2 is 1.78 bits per heavy atom. The molecule has 6 nitrogen and oxygen atoms in total. The van der Waals surface area contributed by atoms with Crippen molar-refractivity contribution in [2.75, 3.05) is 23.4 Å². The fourth-order valence-electron chi connectivity index (χ4n) is 2.50. The van der Waals surface area contributed by atoms with Crippen LogP contribution in [-0.2, 0) is 0 Å². The third-order valence-corrected chi connectivity index (χ3v) is 3.74. The van der Waals surface area contributed by atoms with Gasteiger partial charge in [-0.05, 0) is 43.2 Å². The zero-order valence-electron chi connectivity index (χ0n) is 13.0. The van der Waals surface area contributed by atoms with Gasteiger partial charge in [0.1, 0.15) is 0 Å². The third-order valence-electron chi connectivity index (χ3n) is 3.74. The first-order valence-corrected chi connectivity index (χ1v) is 7.31. The van der Waals surface area contributed by atoms with Gasteiger partial charge in [-0.15, -0.1) is 0 Å². The quantitative estimate of drug-likeness (QED) is 0.483. The van der Waals surface area contributed by atoms with Crippen LogP contribution < -0.4 is 16.2 Å². The van der Waals surface area contributed by atoms with Gasteiger partial charge < -0.3 is 10.3 Å². The molecule has 2 aromatic rings. The second-order valence-electron chi connectivity index (χ2n) is 4.97. The Morgan fingerprint density at radius 3 is 2.26 bits per heavy atom. The molecule has 0 aliphatic carbocycles. The van der Waals surface area contributed by atoms with E-state index in [1.54, 1.807) is 0 Å². The van der Waals surface area contributed by atoms with Crippen LogP contribution in [0.1, 0.15) is 13.8 Å². The van der Waals surface area contributed by atoms with Crippen molar-refractivity contribution in [1.29, 1.82) is 0 Å². The summed E-state index contributed by atoms with van der Waals surface area (Å²) in [5.74, 6) is 4.40. The monoisotopic (exact) mass is 318 g/mol. The number of nitro benzene ring substituents is 1. The minimum atomic E-state index is -0.760. The minimum Gasteiger partial charge on any atom is -0.372 e. The number of hydrazine groups is 1. The van der Waals surface area contributed by atoms with Gasteiger partial charge in [0.2, 0.25) is 0 Å². The standard InChI is InChI=1S/C16H19FN4O2/c1-3-20(4-2)13-7-5-11(6-8-13)12-9-14(17)16(19-18)15(10-12)21(22)23/h5-10,19H,3-4,18H2,1-2H3.